The minimum Gasteiger partial charge on any atom is -0.497 e. The second-order valence-electron chi connectivity index (χ2n) is 5.74. The standard InChI is InChI=1S/C17H27N3O3/c1-14(23-16-6-4-15(22-2)5-7-16)17(21)20-12-10-19(11-13-20)9-3-8-18/h4-7,14H,3,8-13,18H2,1-2H3. The zero-order valence-electron chi connectivity index (χ0n) is 14.0. The summed E-state index contributed by atoms with van der Waals surface area (Å²) in [7, 11) is 1.62. The Kier molecular flexibility index (Phi) is 6.67. The highest BCUT2D eigenvalue weighted by molar-refractivity contribution is 5.81. The number of hydrogen-bond acceptors (Lipinski definition) is 5. The van der Waals surface area contributed by atoms with Crippen molar-refractivity contribution in [1.82, 2.24) is 9.80 Å². The molecule has 1 aromatic carbocycles. The van der Waals surface area contributed by atoms with E-state index in [1.807, 2.05) is 29.2 Å². The van der Waals surface area contributed by atoms with E-state index in [4.69, 9.17) is 15.2 Å². The second kappa shape index (κ2) is 8.74. The smallest absolute Gasteiger partial charge is 0.263 e. The molecule has 0 saturated carbocycles. The molecule has 2 rings (SSSR count). The van der Waals surface area contributed by atoms with Crippen LogP contribution >= 0.6 is 0 Å². The van der Waals surface area contributed by atoms with Crippen LogP contribution in [-0.2, 0) is 4.79 Å². The molecule has 1 amide bonds. The normalized spacial score (nSPS) is 16.9. The molecule has 0 bridgehead atoms. The Morgan fingerprint density at radius 2 is 1.78 bits per heavy atom. The maximum Gasteiger partial charge on any atom is 0.263 e. The summed E-state index contributed by atoms with van der Waals surface area (Å²) in [6, 6.07) is 7.27. The Bertz CT molecular complexity index is 484. The highest BCUT2D eigenvalue weighted by Gasteiger charge is 2.25. The molecule has 1 aliphatic rings. The van der Waals surface area contributed by atoms with Crippen LogP contribution in [0.2, 0.25) is 0 Å². The Balaban J connectivity index is 1.80. The lowest BCUT2D eigenvalue weighted by Gasteiger charge is -2.35. The van der Waals surface area contributed by atoms with Crippen molar-refractivity contribution in [2.24, 2.45) is 5.73 Å². The van der Waals surface area contributed by atoms with Crippen LogP contribution in [0.5, 0.6) is 11.5 Å². The van der Waals surface area contributed by atoms with Gasteiger partial charge >= 0.3 is 0 Å². The number of rotatable bonds is 7. The first kappa shape index (κ1) is 17.6. The minimum atomic E-state index is -0.487. The number of carbonyl (C=O) groups excluding carboxylic acids is 1. The summed E-state index contributed by atoms with van der Waals surface area (Å²) in [4.78, 5) is 16.7. The van der Waals surface area contributed by atoms with Crippen molar-refractivity contribution in [2.45, 2.75) is 19.4 Å². The first-order chi connectivity index (χ1) is 11.1. The molecule has 0 spiro atoms. The van der Waals surface area contributed by atoms with Gasteiger partial charge in [-0.15, -0.1) is 0 Å². The van der Waals surface area contributed by atoms with Gasteiger partial charge in [0.1, 0.15) is 11.5 Å². The molecule has 6 nitrogen and oxygen atoms in total. The predicted molar refractivity (Wildman–Crippen MR) is 89.8 cm³/mol. The van der Waals surface area contributed by atoms with E-state index in [-0.39, 0.29) is 5.91 Å². The maximum absolute atomic E-state index is 12.5. The van der Waals surface area contributed by atoms with Gasteiger partial charge in [-0.05, 0) is 50.7 Å². The van der Waals surface area contributed by atoms with Crippen LogP contribution in [-0.4, -0.2) is 68.2 Å². The predicted octanol–water partition coefficient (Wildman–Crippen LogP) is 0.956. The van der Waals surface area contributed by atoms with Gasteiger partial charge < -0.3 is 20.1 Å². The van der Waals surface area contributed by atoms with E-state index >= 15 is 0 Å². The molecule has 128 valence electrons. The number of ether oxygens (including phenoxy) is 2. The van der Waals surface area contributed by atoms with Gasteiger partial charge in [-0.1, -0.05) is 0 Å². The molecular weight excluding hydrogens is 294 g/mol. The average molecular weight is 321 g/mol. The van der Waals surface area contributed by atoms with Gasteiger partial charge in [0.25, 0.3) is 5.91 Å². The average Bonchev–Trinajstić information content (AvgIpc) is 2.60. The minimum absolute atomic E-state index is 0.0410. The monoisotopic (exact) mass is 321 g/mol. The summed E-state index contributed by atoms with van der Waals surface area (Å²) < 4.78 is 10.9. The third kappa shape index (κ3) is 5.11. The van der Waals surface area contributed by atoms with E-state index < -0.39 is 6.10 Å². The molecule has 0 aliphatic carbocycles. The number of nitrogens with two attached hydrogens (primary N) is 1. The van der Waals surface area contributed by atoms with Crippen LogP contribution < -0.4 is 15.2 Å². The molecule has 1 unspecified atom stereocenters. The van der Waals surface area contributed by atoms with Crippen molar-refractivity contribution in [3.05, 3.63) is 24.3 Å². The fourth-order valence-corrected chi connectivity index (χ4v) is 2.67. The van der Waals surface area contributed by atoms with E-state index in [9.17, 15) is 4.79 Å². The van der Waals surface area contributed by atoms with E-state index in [2.05, 4.69) is 4.90 Å². The lowest BCUT2D eigenvalue weighted by Crippen LogP contribution is -2.52. The lowest BCUT2D eigenvalue weighted by atomic mass is 10.2. The van der Waals surface area contributed by atoms with Gasteiger partial charge in [0.2, 0.25) is 0 Å². The van der Waals surface area contributed by atoms with Crippen molar-refractivity contribution >= 4 is 5.91 Å². The Labute approximate surface area is 138 Å². The SMILES string of the molecule is COc1ccc(OC(C)C(=O)N2CCN(CCCN)CC2)cc1. The van der Waals surface area contributed by atoms with Gasteiger partial charge in [0.05, 0.1) is 7.11 Å². The summed E-state index contributed by atoms with van der Waals surface area (Å²) in [6.07, 6.45) is 0.518. The molecule has 2 N–H and O–H groups in total. The fraction of sp³-hybridized carbons (Fsp3) is 0.588. The number of piperazine rings is 1. The van der Waals surface area contributed by atoms with E-state index in [1.54, 1.807) is 14.0 Å². The molecule has 1 heterocycles. The van der Waals surface area contributed by atoms with Gasteiger partial charge in [0.15, 0.2) is 6.10 Å². The largest absolute Gasteiger partial charge is 0.497 e. The molecule has 1 aliphatic heterocycles. The molecule has 0 aromatic heterocycles. The van der Waals surface area contributed by atoms with E-state index in [0.717, 1.165) is 44.9 Å². The number of hydrogen-bond donors (Lipinski definition) is 1. The number of benzene rings is 1. The number of carbonyl (C=O) groups is 1. The number of nitrogens with zero attached hydrogens (tertiary/aromatic N) is 2. The third-order valence-electron chi connectivity index (χ3n) is 4.08. The van der Waals surface area contributed by atoms with Crippen LogP contribution in [0, 0.1) is 0 Å². The maximum atomic E-state index is 12.5. The zero-order chi connectivity index (χ0) is 16.7. The fourth-order valence-electron chi connectivity index (χ4n) is 2.67. The molecule has 1 aromatic rings. The third-order valence-corrected chi connectivity index (χ3v) is 4.08. The first-order valence-corrected chi connectivity index (χ1v) is 8.16. The lowest BCUT2D eigenvalue weighted by molar-refractivity contribution is -0.139. The summed E-state index contributed by atoms with van der Waals surface area (Å²) >= 11 is 0. The molecule has 1 atom stereocenters. The second-order valence-corrected chi connectivity index (χ2v) is 5.74. The van der Waals surface area contributed by atoms with Crippen LogP contribution in [0.3, 0.4) is 0 Å². The molecule has 1 saturated heterocycles. The van der Waals surface area contributed by atoms with Gasteiger partial charge in [0, 0.05) is 26.2 Å². The van der Waals surface area contributed by atoms with E-state index in [1.165, 1.54) is 0 Å². The van der Waals surface area contributed by atoms with Crippen LogP contribution in [0.25, 0.3) is 0 Å². The highest BCUT2D eigenvalue weighted by Crippen LogP contribution is 2.19. The molecule has 1 fully saturated rings. The van der Waals surface area contributed by atoms with Crippen LogP contribution in [0.15, 0.2) is 24.3 Å². The van der Waals surface area contributed by atoms with Gasteiger partial charge in [-0.2, -0.15) is 0 Å². The molecule has 6 heteroatoms. The Hall–Kier alpha value is -1.79. The zero-order valence-corrected chi connectivity index (χ0v) is 14.0. The van der Waals surface area contributed by atoms with Crippen LogP contribution in [0.1, 0.15) is 13.3 Å². The summed E-state index contributed by atoms with van der Waals surface area (Å²) in [5, 5.41) is 0. The van der Waals surface area contributed by atoms with Crippen molar-refractivity contribution in [2.75, 3.05) is 46.4 Å². The van der Waals surface area contributed by atoms with Crippen molar-refractivity contribution < 1.29 is 14.3 Å². The quantitative estimate of drug-likeness (QED) is 0.810. The summed E-state index contributed by atoms with van der Waals surface area (Å²) in [5.74, 6) is 1.48. The number of amides is 1. The summed E-state index contributed by atoms with van der Waals surface area (Å²) in [6.45, 7) is 6.83. The molecule has 0 radical (unpaired) electrons. The number of methoxy groups -OCH3 is 1. The van der Waals surface area contributed by atoms with E-state index in [0.29, 0.717) is 12.3 Å². The summed E-state index contributed by atoms with van der Waals surface area (Å²) in [5.41, 5.74) is 5.54. The van der Waals surface area contributed by atoms with Crippen molar-refractivity contribution in [3.63, 3.8) is 0 Å². The first-order valence-electron chi connectivity index (χ1n) is 8.16. The van der Waals surface area contributed by atoms with Crippen LogP contribution in [0.4, 0.5) is 0 Å². The Morgan fingerprint density at radius 3 is 2.35 bits per heavy atom. The Morgan fingerprint density at radius 1 is 1.17 bits per heavy atom. The van der Waals surface area contributed by atoms with Crippen molar-refractivity contribution in [3.8, 4) is 11.5 Å². The van der Waals surface area contributed by atoms with Gasteiger partial charge in [-0.3, -0.25) is 9.69 Å². The molecule has 23 heavy (non-hydrogen) atoms. The molecular formula is C17H27N3O3. The highest BCUT2D eigenvalue weighted by atomic mass is 16.5. The van der Waals surface area contributed by atoms with Gasteiger partial charge in [-0.25, -0.2) is 0 Å². The van der Waals surface area contributed by atoms with Crippen molar-refractivity contribution in [1.29, 1.82) is 0 Å². The topological polar surface area (TPSA) is 68.0 Å².